The molecule has 0 aromatic rings. The first-order chi connectivity index (χ1) is 7.10. The summed E-state index contributed by atoms with van der Waals surface area (Å²) >= 11 is 6.45. The third-order valence-electron chi connectivity index (χ3n) is 4.07. The number of hydrogen-bond donors (Lipinski definition) is 0. The lowest BCUT2D eigenvalue weighted by Crippen LogP contribution is -2.42. The van der Waals surface area contributed by atoms with E-state index in [4.69, 9.17) is 19.9 Å². The van der Waals surface area contributed by atoms with E-state index in [9.17, 15) is 0 Å². The monoisotopic (exact) mass is 246 g/mol. The minimum atomic E-state index is -2.46. The van der Waals surface area contributed by atoms with E-state index in [2.05, 4.69) is 19.1 Å². The first-order valence-corrected chi connectivity index (χ1v) is 8.49. The summed E-state index contributed by atoms with van der Waals surface area (Å²) in [5.74, 6) is 2.15. The van der Waals surface area contributed by atoms with Gasteiger partial charge in [-0.25, -0.2) is 0 Å². The second kappa shape index (κ2) is 4.21. The summed E-state index contributed by atoms with van der Waals surface area (Å²) in [5.41, 5.74) is 0.356. The summed E-state index contributed by atoms with van der Waals surface area (Å²) in [6.07, 6.45) is 7.28. The molecule has 2 aliphatic carbocycles. The molecule has 1 saturated carbocycles. The van der Waals surface area contributed by atoms with Gasteiger partial charge in [0, 0.05) is 19.8 Å². The van der Waals surface area contributed by atoms with Gasteiger partial charge in [0.05, 0.1) is 0 Å². The lowest BCUT2D eigenvalue weighted by molar-refractivity contribution is 0.233. The molecule has 0 N–H and O–H groups in total. The molecule has 86 valence electrons. The number of fused-ring (bicyclic) bond motifs is 2. The second-order valence-electron chi connectivity index (χ2n) is 4.72. The summed E-state index contributed by atoms with van der Waals surface area (Å²) in [6.45, 7) is 2.19. The van der Waals surface area contributed by atoms with Crippen molar-refractivity contribution in [3.63, 3.8) is 0 Å². The van der Waals surface area contributed by atoms with Crippen molar-refractivity contribution < 1.29 is 8.85 Å². The van der Waals surface area contributed by atoms with E-state index in [-0.39, 0.29) is 0 Å². The van der Waals surface area contributed by atoms with E-state index in [1.165, 1.54) is 12.8 Å². The Morgan fingerprint density at radius 2 is 1.93 bits per heavy atom. The van der Waals surface area contributed by atoms with Crippen molar-refractivity contribution in [3.05, 3.63) is 12.2 Å². The SMILES string of the molecule is CO[Si](Cl)(OC)C(C)C1CC2C=CC1C2. The van der Waals surface area contributed by atoms with E-state index in [0.717, 1.165) is 5.92 Å². The molecule has 0 aromatic heterocycles. The molecule has 1 fully saturated rings. The Labute approximate surface area is 97.6 Å². The predicted molar refractivity (Wildman–Crippen MR) is 63.9 cm³/mol. The number of allylic oxidation sites excluding steroid dienone is 2. The largest absolute Gasteiger partial charge is 0.445 e. The summed E-state index contributed by atoms with van der Waals surface area (Å²) in [4.78, 5) is 0. The van der Waals surface area contributed by atoms with Gasteiger partial charge in [0.25, 0.3) is 0 Å². The molecule has 15 heavy (non-hydrogen) atoms. The van der Waals surface area contributed by atoms with Crippen LogP contribution in [0.3, 0.4) is 0 Å². The van der Waals surface area contributed by atoms with Crippen molar-refractivity contribution in [2.75, 3.05) is 14.2 Å². The standard InChI is InChI=1S/C11H19ClO2Si/c1-8(15(12,13-2)14-3)11-7-9-4-5-10(11)6-9/h4-5,8-11H,6-7H2,1-3H3. The van der Waals surface area contributed by atoms with Crippen LogP contribution < -0.4 is 0 Å². The summed E-state index contributed by atoms with van der Waals surface area (Å²) in [6, 6.07) is 0. The summed E-state index contributed by atoms with van der Waals surface area (Å²) < 4.78 is 10.9. The molecule has 0 radical (unpaired) electrons. The van der Waals surface area contributed by atoms with E-state index < -0.39 is 7.87 Å². The number of hydrogen-bond acceptors (Lipinski definition) is 2. The molecule has 4 heteroatoms. The second-order valence-corrected chi connectivity index (χ2v) is 9.20. The molecule has 0 amide bonds. The van der Waals surface area contributed by atoms with Gasteiger partial charge in [-0.15, -0.1) is 0 Å². The molecular formula is C11H19ClO2Si. The van der Waals surface area contributed by atoms with Gasteiger partial charge in [-0.2, -0.15) is 0 Å². The van der Waals surface area contributed by atoms with E-state index in [1.54, 1.807) is 14.2 Å². The molecule has 2 rings (SSSR count). The third-order valence-corrected chi connectivity index (χ3v) is 8.66. The fraction of sp³-hybridized carbons (Fsp3) is 0.818. The average Bonchev–Trinajstić information content (AvgIpc) is 2.88. The van der Waals surface area contributed by atoms with Gasteiger partial charge in [0.1, 0.15) is 0 Å². The average molecular weight is 247 g/mol. The number of halogens is 1. The lowest BCUT2D eigenvalue weighted by Gasteiger charge is -2.33. The molecule has 0 heterocycles. The third kappa shape index (κ3) is 1.91. The highest BCUT2D eigenvalue weighted by molar-refractivity contribution is 7.13. The zero-order valence-corrected chi connectivity index (χ0v) is 11.3. The molecule has 0 spiro atoms. The lowest BCUT2D eigenvalue weighted by atomic mass is 9.91. The quantitative estimate of drug-likeness (QED) is 0.431. The van der Waals surface area contributed by atoms with Crippen molar-refractivity contribution in [3.8, 4) is 0 Å². The van der Waals surface area contributed by atoms with Crippen molar-refractivity contribution in [1.29, 1.82) is 0 Å². The van der Waals surface area contributed by atoms with Gasteiger partial charge in [-0.1, -0.05) is 30.2 Å². The van der Waals surface area contributed by atoms with Crippen molar-refractivity contribution in [2.45, 2.75) is 25.3 Å². The van der Waals surface area contributed by atoms with Gasteiger partial charge < -0.3 is 8.85 Å². The van der Waals surface area contributed by atoms with Gasteiger partial charge in [0.15, 0.2) is 0 Å². The maximum Gasteiger partial charge on any atom is 0.445 e. The van der Waals surface area contributed by atoms with Crippen LogP contribution >= 0.6 is 11.1 Å². The first kappa shape index (κ1) is 11.6. The van der Waals surface area contributed by atoms with Gasteiger partial charge in [-0.05, 0) is 30.6 Å². The van der Waals surface area contributed by atoms with Crippen molar-refractivity contribution in [1.82, 2.24) is 0 Å². The molecule has 0 aromatic carbocycles. The van der Waals surface area contributed by atoms with Crippen LogP contribution in [0.15, 0.2) is 12.2 Å². The molecule has 0 saturated heterocycles. The van der Waals surface area contributed by atoms with Gasteiger partial charge >= 0.3 is 7.87 Å². The minimum absolute atomic E-state index is 0.356. The fourth-order valence-corrected chi connectivity index (χ4v) is 5.40. The highest BCUT2D eigenvalue weighted by Crippen LogP contribution is 2.51. The Morgan fingerprint density at radius 3 is 2.33 bits per heavy atom. The van der Waals surface area contributed by atoms with Crippen LogP contribution in [0.25, 0.3) is 0 Å². The van der Waals surface area contributed by atoms with Crippen LogP contribution in [0.2, 0.25) is 5.54 Å². The Bertz CT molecular complexity index is 265. The Hall–Kier alpha value is 0.167. The maximum atomic E-state index is 6.45. The molecule has 4 unspecified atom stereocenters. The van der Waals surface area contributed by atoms with Gasteiger partial charge in [-0.3, -0.25) is 0 Å². The number of rotatable bonds is 4. The maximum absolute atomic E-state index is 6.45. The Balaban J connectivity index is 2.08. The molecule has 2 nitrogen and oxygen atoms in total. The molecule has 2 bridgehead atoms. The highest BCUT2D eigenvalue weighted by atomic mass is 35.6. The van der Waals surface area contributed by atoms with Crippen LogP contribution in [0.1, 0.15) is 19.8 Å². The highest BCUT2D eigenvalue weighted by Gasteiger charge is 2.50. The van der Waals surface area contributed by atoms with Crippen LogP contribution in [0.4, 0.5) is 0 Å². The van der Waals surface area contributed by atoms with Crippen molar-refractivity contribution in [2.24, 2.45) is 17.8 Å². The van der Waals surface area contributed by atoms with Crippen LogP contribution in [-0.4, -0.2) is 22.1 Å². The van der Waals surface area contributed by atoms with Crippen LogP contribution in [0, 0.1) is 17.8 Å². The van der Waals surface area contributed by atoms with Gasteiger partial charge in [0.2, 0.25) is 0 Å². The van der Waals surface area contributed by atoms with Crippen LogP contribution in [-0.2, 0) is 8.85 Å². The van der Waals surface area contributed by atoms with E-state index in [0.29, 0.717) is 17.4 Å². The first-order valence-electron chi connectivity index (χ1n) is 5.58. The van der Waals surface area contributed by atoms with E-state index >= 15 is 0 Å². The Kier molecular flexibility index (Phi) is 3.27. The normalized spacial score (nSPS) is 36.1. The topological polar surface area (TPSA) is 18.5 Å². The Morgan fingerprint density at radius 1 is 1.27 bits per heavy atom. The minimum Gasteiger partial charge on any atom is -0.386 e. The molecule has 4 atom stereocenters. The fourth-order valence-electron chi connectivity index (χ4n) is 3.11. The zero-order chi connectivity index (χ0) is 11.1. The smallest absolute Gasteiger partial charge is 0.386 e. The van der Waals surface area contributed by atoms with E-state index in [1.807, 2.05) is 0 Å². The van der Waals surface area contributed by atoms with Crippen molar-refractivity contribution >= 4 is 18.9 Å². The predicted octanol–water partition coefficient (Wildman–Crippen LogP) is 3.06. The summed E-state index contributed by atoms with van der Waals surface area (Å²) in [7, 11) is 0.873. The molecule has 2 aliphatic rings. The molecule has 0 aliphatic heterocycles. The molecular weight excluding hydrogens is 228 g/mol. The zero-order valence-electron chi connectivity index (χ0n) is 9.57. The summed E-state index contributed by atoms with van der Waals surface area (Å²) in [5, 5.41) is 0. The van der Waals surface area contributed by atoms with Crippen LogP contribution in [0.5, 0.6) is 0 Å².